The number of rotatable bonds is 3. The van der Waals surface area contributed by atoms with Gasteiger partial charge < -0.3 is 0 Å². The molecule has 0 spiro atoms. The van der Waals surface area contributed by atoms with Gasteiger partial charge in [-0.3, -0.25) is 4.79 Å². The zero-order valence-corrected chi connectivity index (χ0v) is 7.74. The van der Waals surface area contributed by atoms with Gasteiger partial charge in [0, 0.05) is 12.5 Å². The lowest BCUT2D eigenvalue weighted by Crippen LogP contribution is -1.98. The summed E-state index contributed by atoms with van der Waals surface area (Å²) in [6.07, 6.45) is -0.144. The Kier molecular flexibility index (Phi) is 3.52. The lowest BCUT2D eigenvalue weighted by Gasteiger charge is -2.01. The van der Waals surface area contributed by atoms with Gasteiger partial charge in [-0.05, 0) is 29.7 Å². The van der Waals surface area contributed by atoms with Crippen molar-refractivity contribution in [3.63, 3.8) is 0 Å². The van der Waals surface area contributed by atoms with Crippen molar-refractivity contribution >= 4 is 16.8 Å². The van der Waals surface area contributed by atoms with Crippen LogP contribution in [0.25, 0.3) is 0 Å². The molecule has 0 saturated carbocycles. The Morgan fingerprint density at radius 2 is 1.71 bits per heavy atom. The van der Waals surface area contributed by atoms with Crippen LogP contribution in [0.5, 0.6) is 0 Å². The van der Waals surface area contributed by atoms with E-state index in [2.05, 4.69) is 0 Å². The van der Waals surface area contributed by atoms with Gasteiger partial charge in [0.25, 0.3) is 0 Å². The van der Waals surface area contributed by atoms with Crippen molar-refractivity contribution in [1.82, 2.24) is 0 Å². The fraction of sp³-hybridized carbons (Fsp3) is 0.222. The van der Waals surface area contributed by atoms with Gasteiger partial charge in [-0.1, -0.05) is 0 Å². The van der Waals surface area contributed by atoms with Gasteiger partial charge in [-0.2, -0.15) is 0 Å². The first-order chi connectivity index (χ1) is 6.50. The Bertz CT molecular complexity index is 365. The van der Waals surface area contributed by atoms with Gasteiger partial charge in [0.2, 0.25) is 5.24 Å². The number of benzene rings is 1. The number of carbonyl (C=O) groups is 1. The number of hydrogen-bond donors (Lipinski definition) is 0. The van der Waals surface area contributed by atoms with Gasteiger partial charge in [-0.15, -0.1) is 0 Å². The molecule has 0 aliphatic carbocycles. The van der Waals surface area contributed by atoms with Crippen molar-refractivity contribution in [3.05, 3.63) is 35.1 Å². The van der Waals surface area contributed by atoms with Crippen LogP contribution >= 0.6 is 11.6 Å². The third kappa shape index (κ3) is 2.73. The van der Waals surface area contributed by atoms with E-state index in [0.717, 1.165) is 6.07 Å². The van der Waals surface area contributed by atoms with Crippen molar-refractivity contribution < 1.29 is 18.0 Å². The minimum Gasteiger partial charge on any atom is -0.281 e. The average molecular weight is 223 g/mol. The molecule has 5 heteroatoms. The highest BCUT2D eigenvalue weighted by Crippen LogP contribution is 2.15. The smallest absolute Gasteiger partial charge is 0.221 e. The highest BCUT2D eigenvalue weighted by atomic mass is 35.5. The molecular formula is C9H6ClF3O. The topological polar surface area (TPSA) is 17.1 Å². The summed E-state index contributed by atoms with van der Waals surface area (Å²) in [6, 6.07) is 1.17. The van der Waals surface area contributed by atoms with Gasteiger partial charge in [0.1, 0.15) is 5.82 Å². The monoisotopic (exact) mass is 222 g/mol. The SMILES string of the molecule is O=C(Cl)CCc1cc(F)c(F)cc1F. The molecule has 0 unspecified atom stereocenters. The molecule has 0 aromatic heterocycles. The molecular weight excluding hydrogens is 217 g/mol. The van der Waals surface area contributed by atoms with Gasteiger partial charge in [0.15, 0.2) is 11.6 Å². The van der Waals surface area contributed by atoms with Crippen LogP contribution in [0.2, 0.25) is 0 Å². The van der Waals surface area contributed by atoms with Crippen LogP contribution in [0.3, 0.4) is 0 Å². The molecule has 0 heterocycles. The zero-order chi connectivity index (χ0) is 10.7. The molecule has 1 aromatic carbocycles. The molecule has 14 heavy (non-hydrogen) atoms. The third-order valence-electron chi connectivity index (χ3n) is 1.68. The fourth-order valence-corrected chi connectivity index (χ4v) is 1.08. The van der Waals surface area contributed by atoms with Crippen LogP contribution in [0.15, 0.2) is 12.1 Å². The van der Waals surface area contributed by atoms with E-state index in [0.29, 0.717) is 6.07 Å². The maximum Gasteiger partial charge on any atom is 0.221 e. The largest absolute Gasteiger partial charge is 0.281 e. The van der Waals surface area contributed by atoms with E-state index in [1.54, 1.807) is 0 Å². The maximum atomic E-state index is 12.9. The maximum absolute atomic E-state index is 12.9. The summed E-state index contributed by atoms with van der Waals surface area (Å²) < 4.78 is 38.0. The van der Waals surface area contributed by atoms with Gasteiger partial charge >= 0.3 is 0 Å². The second-order valence-corrected chi connectivity index (χ2v) is 3.13. The van der Waals surface area contributed by atoms with E-state index in [-0.39, 0.29) is 18.4 Å². The number of hydrogen-bond acceptors (Lipinski definition) is 1. The summed E-state index contributed by atoms with van der Waals surface area (Å²) in [6.45, 7) is 0. The third-order valence-corrected chi connectivity index (χ3v) is 1.87. The van der Waals surface area contributed by atoms with Crippen molar-refractivity contribution in [2.45, 2.75) is 12.8 Å². The molecule has 0 amide bonds. The standard InChI is InChI=1S/C9H6ClF3O/c10-9(14)2-1-5-3-7(12)8(13)4-6(5)11/h3-4H,1-2H2. The minimum absolute atomic E-state index is 0.0363. The number of aryl methyl sites for hydroxylation is 1. The number of halogens is 4. The van der Waals surface area contributed by atoms with Crippen LogP contribution in [-0.2, 0) is 11.2 Å². The summed E-state index contributed by atoms with van der Waals surface area (Å²) in [7, 11) is 0. The number of carbonyl (C=O) groups excluding carboxylic acids is 1. The Morgan fingerprint density at radius 1 is 1.14 bits per heavy atom. The summed E-state index contributed by atoms with van der Waals surface area (Å²) in [5.41, 5.74) is -0.0575. The lowest BCUT2D eigenvalue weighted by atomic mass is 10.1. The summed E-state index contributed by atoms with van der Waals surface area (Å²) >= 11 is 5.02. The molecule has 0 radical (unpaired) electrons. The van der Waals surface area contributed by atoms with E-state index in [1.165, 1.54) is 0 Å². The zero-order valence-electron chi connectivity index (χ0n) is 6.99. The predicted molar refractivity (Wildman–Crippen MR) is 45.5 cm³/mol. The molecule has 0 N–H and O–H groups in total. The van der Waals surface area contributed by atoms with E-state index >= 15 is 0 Å². The Hall–Kier alpha value is -1.03. The molecule has 1 rings (SSSR count). The minimum atomic E-state index is -1.25. The van der Waals surface area contributed by atoms with Crippen LogP contribution in [0.1, 0.15) is 12.0 Å². The van der Waals surface area contributed by atoms with Crippen molar-refractivity contribution in [1.29, 1.82) is 0 Å². The molecule has 1 nitrogen and oxygen atoms in total. The Labute approximate surface area is 83.5 Å². The summed E-state index contributed by atoms with van der Waals surface area (Å²) in [5, 5.41) is -0.644. The first-order valence-corrected chi connectivity index (χ1v) is 4.20. The van der Waals surface area contributed by atoms with E-state index in [9.17, 15) is 18.0 Å². The van der Waals surface area contributed by atoms with Gasteiger partial charge in [-0.25, -0.2) is 13.2 Å². The summed E-state index contributed by atoms with van der Waals surface area (Å²) in [5.74, 6) is -3.26. The van der Waals surface area contributed by atoms with Crippen molar-refractivity contribution in [3.8, 4) is 0 Å². The Morgan fingerprint density at radius 3 is 2.29 bits per heavy atom. The van der Waals surface area contributed by atoms with Crippen LogP contribution in [-0.4, -0.2) is 5.24 Å². The second-order valence-electron chi connectivity index (χ2n) is 2.71. The average Bonchev–Trinajstić information content (AvgIpc) is 2.09. The second kappa shape index (κ2) is 4.46. The highest BCUT2D eigenvalue weighted by molar-refractivity contribution is 6.63. The van der Waals surface area contributed by atoms with Crippen molar-refractivity contribution in [2.24, 2.45) is 0 Å². The molecule has 0 aliphatic rings. The quantitative estimate of drug-likeness (QED) is 0.568. The summed E-state index contributed by atoms with van der Waals surface area (Å²) in [4.78, 5) is 10.4. The lowest BCUT2D eigenvalue weighted by molar-refractivity contribution is -0.111. The van der Waals surface area contributed by atoms with Crippen LogP contribution < -0.4 is 0 Å². The van der Waals surface area contributed by atoms with E-state index in [1.807, 2.05) is 0 Å². The van der Waals surface area contributed by atoms with E-state index < -0.39 is 22.7 Å². The first-order valence-electron chi connectivity index (χ1n) is 3.82. The van der Waals surface area contributed by atoms with Crippen LogP contribution in [0.4, 0.5) is 13.2 Å². The normalized spacial score (nSPS) is 10.3. The molecule has 0 atom stereocenters. The highest BCUT2D eigenvalue weighted by Gasteiger charge is 2.10. The molecule has 0 aliphatic heterocycles. The Balaban J connectivity index is 2.87. The molecule has 1 aromatic rings. The molecule has 0 bridgehead atoms. The van der Waals surface area contributed by atoms with Gasteiger partial charge in [0.05, 0.1) is 0 Å². The van der Waals surface area contributed by atoms with Crippen molar-refractivity contribution in [2.75, 3.05) is 0 Å². The first kappa shape index (κ1) is 11.0. The fourth-order valence-electron chi connectivity index (χ4n) is 0.988. The predicted octanol–water partition coefficient (Wildman–Crippen LogP) is 2.80. The molecule has 76 valence electrons. The molecule has 0 fully saturated rings. The molecule has 0 saturated heterocycles. The van der Waals surface area contributed by atoms with Crippen LogP contribution in [0, 0.1) is 17.5 Å². The van der Waals surface area contributed by atoms with E-state index in [4.69, 9.17) is 11.6 Å².